The van der Waals surface area contributed by atoms with Crippen molar-refractivity contribution in [3.8, 4) is 11.8 Å². The maximum atomic E-state index is 5.75. The molecule has 0 fully saturated rings. The van der Waals surface area contributed by atoms with E-state index in [2.05, 4.69) is 11.8 Å². The molecule has 0 saturated carbocycles. The lowest BCUT2D eigenvalue weighted by Crippen LogP contribution is -1.92. The van der Waals surface area contributed by atoms with Gasteiger partial charge >= 0.3 is 0 Å². The van der Waals surface area contributed by atoms with Crippen molar-refractivity contribution in [2.75, 3.05) is 6.54 Å². The maximum absolute atomic E-state index is 5.75. The summed E-state index contributed by atoms with van der Waals surface area (Å²) in [4.78, 5) is 0. The van der Waals surface area contributed by atoms with Crippen LogP contribution in [0, 0.1) is 11.8 Å². The zero-order chi connectivity index (χ0) is 8.97. The summed E-state index contributed by atoms with van der Waals surface area (Å²) in [5.41, 5.74) is 6.00. The third kappa shape index (κ3) is 4.40. The summed E-state index contributed by atoms with van der Waals surface area (Å²) in [6.45, 7) is 0.337. The Kier molecular flexibility index (Phi) is 5.94. The number of rotatable bonds is 0. The summed E-state index contributed by atoms with van der Waals surface area (Å²) in [5.74, 6) is 5.56. The molecule has 0 unspecified atom stereocenters. The molecule has 1 aromatic carbocycles. The van der Waals surface area contributed by atoms with Crippen molar-refractivity contribution < 1.29 is 0 Å². The monoisotopic (exact) mass is 235 g/mol. The van der Waals surface area contributed by atoms with Gasteiger partial charge in [-0.1, -0.05) is 35.0 Å². The van der Waals surface area contributed by atoms with Crippen LogP contribution < -0.4 is 5.73 Å². The third-order valence-corrected chi connectivity index (χ3v) is 1.63. The minimum absolute atomic E-state index is 0. The van der Waals surface area contributed by atoms with Crippen molar-refractivity contribution >= 4 is 35.6 Å². The maximum Gasteiger partial charge on any atom is 0.0555 e. The van der Waals surface area contributed by atoms with Crippen LogP contribution in [0.15, 0.2) is 18.2 Å². The summed E-state index contributed by atoms with van der Waals surface area (Å²) in [6.07, 6.45) is 0. The fourth-order valence-corrected chi connectivity index (χ4v) is 1.31. The lowest BCUT2D eigenvalue weighted by Gasteiger charge is -1.93. The lowest BCUT2D eigenvalue weighted by molar-refractivity contribution is 1.30. The van der Waals surface area contributed by atoms with Gasteiger partial charge in [0.15, 0.2) is 0 Å². The molecule has 0 spiro atoms. The predicted octanol–water partition coefficient (Wildman–Crippen LogP) is 2.73. The van der Waals surface area contributed by atoms with E-state index in [1.54, 1.807) is 18.2 Å². The van der Waals surface area contributed by atoms with Crippen molar-refractivity contribution in [2.45, 2.75) is 0 Å². The molecule has 1 aromatic rings. The summed E-state index contributed by atoms with van der Waals surface area (Å²) in [7, 11) is 0. The van der Waals surface area contributed by atoms with Crippen molar-refractivity contribution in [1.29, 1.82) is 0 Å². The molecule has 0 aromatic heterocycles. The van der Waals surface area contributed by atoms with Crippen molar-refractivity contribution in [2.24, 2.45) is 5.73 Å². The van der Waals surface area contributed by atoms with Crippen LogP contribution in [0.3, 0.4) is 0 Å². The van der Waals surface area contributed by atoms with Gasteiger partial charge in [-0.25, -0.2) is 0 Å². The first kappa shape index (κ1) is 12.6. The van der Waals surface area contributed by atoms with Crippen LogP contribution in [0.4, 0.5) is 0 Å². The first-order valence-electron chi connectivity index (χ1n) is 3.37. The Bertz CT molecular complexity index is 318. The number of benzene rings is 1. The highest BCUT2D eigenvalue weighted by molar-refractivity contribution is 6.34. The highest BCUT2D eigenvalue weighted by Crippen LogP contribution is 2.18. The fraction of sp³-hybridized carbons (Fsp3) is 0.111. The largest absolute Gasteiger partial charge is 0.320 e. The summed E-state index contributed by atoms with van der Waals surface area (Å²) < 4.78 is 0. The van der Waals surface area contributed by atoms with Crippen LogP contribution in [0.2, 0.25) is 10.0 Å². The molecule has 0 aliphatic heterocycles. The van der Waals surface area contributed by atoms with Crippen LogP contribution in [0.5, 0.6) is 0 Å². The van der Waals surface area contributed by atoms with E-state index < -0.39 is 0 Å². The molecule has 70 valence electrons. The third-order valence-electron chi connectivity index (χ3n) is 1.20. The van der Waals surface area contributed by atoms with Crippen LogP contribution in [0.1, 0.15) is 5.56 Å². The number of halogens is 3. The molecule has 0 amide bonds. The standard InChI is InChI=1S/C9H7Cl2N.ClH/c10-8-4-7(2-1-3-12)5-9(11)6-8;/h4-6H,3,12H2;1H. The van der Waals surface area contributed by atoms with Gasteiger partial charge in [0.25, 0.3) is 0 Å². The Hall–Kier alpha value is -0.390. The molecule has 0 atom stereocenters. The zero-order valence-electron chi connectivity index (χ0n) is 6.68. The summed E-state index contributed by atoms with van der Waals surface area (Å²) in [6, 6.07) is 5.16. The molecule has 1 nitrogen and oxygen atoms in total. The van der Waals surface area contributed by atoms with E-state index in [1.807, 2.05) is 0 Å². The minimum Gasteiger partial charge on any atom is -0.320 e. The second-order valence-electron chi connectivity index (χ2n) is 2.16. The van der Waals surface area contributed by atoms with Gasteiger partial charge in [-0.05, 0) is 18.2 Å². The molecule has 13 heavy (non-hydrogen) atoms. The van der Waals surface area contributed by atoms with E-state index in [0.717, 1.165) is 5.56 Å². The Morgan fingerprint density at radius 3 is 2.15 bits per heavy atom. The molecular weight excluding hydrogens is 228 g/mol. The Morgan fingerprint density at radius 1 is 1.15 bits per heavy atom. The Balaban J connectivity index is 0.00000144. The smallest absolute Gasteiger partial charge is 0.0555 e. The number of hydrogen-bond acceptors (Lipinski definition) is 1. The van der Waals surface area contributed by atoms with E-state index >= 15 is 0 Å². The molecule has 0 aliphatic rings. The van der Waals surface area contributed by atoms with Crippen molar-refractivity contribution in [3.05, 3.63) is 33.8 Å². The van der Waals surface area contributed by atoms with Crippen LogP contribution >= 0.6 is 35.6 Å². The van der Waals surface area contributed by atoms with Gasteiger partial charge in [0.05, 0.1) is 6.54 Å². The number of hydrogen-bond donors (Lipinski definition) is 1. The average Bonchev–Trinajstić information content (AvgIpc) is 1.99. The molecule has 0 heterocycles. The summed E-state index contributed by atoms with van der Waals surface area (Å²) >= 11 is 11.5. The van der Waals surface area contributed by atoms with Gasteiger partial charge in [-0.2, -0.15) is 0 Å². The van der Waals surface area contributed by atoms with E-state index in [-0.39, 0.29) is 12.4 Å². The second-order valence-corrected chi connectivity index (χ2v) is 3.04. The van der Waals surface area contributed by atoms with E-state index in [9.17, 15) is 0 Å². The van der Waals surface area contributed by atoms with Gasteiger partial charge in [-0.3, -0.25) is 0 Å². The van der Waals surface area contributed by atoms with Crippen molar-refractivity contribution in [1.82, 2.24) is 0 Å². The van der Waals surface area contributed by atoms with Gasteiger partial charge in [0.1, 0.15) is 0 Å². The highest BCUT2D eigenvalue weighted by Gasteiger charge is 1.93. The molecule has 2 N–H and O–H groups in total. The topological polar surface area (TPSA) is 26.0 Å². The van der Waals surface area contributed by atoms with Gasteiger partial charge in [0.2, 0.25) is 0 Å². The molecule has 0 bridgehead atoms. The molecule has 0 saturated heterocycles. The van der Waals surface area contributed by atoms with Gasteiger partial charge < -0.3 is 5.73 Å². The Labute approximate surface area is 93.6 Å². The van der Waals surface area contributed by atoms with Crippen molar-refractivity contribution in [3.63, 3.8) is 0 Å². The molecule has 0 radical (unpaired) electrons. The fourth-order valence-electron chi connectivity index (χ4n) is 0.779. The van der Waals surface area contributed by atoms with E-state index in [0.29, 0.717) is 16.6 Å². The first-order chi connectivity index (χ1) is 5.72. The zero-order valence-corrected chi connectivity index (χ0v) is 9.01. The minimum atomic E-state index is 0. The van der Waals surface area contributed by atoms with Gasteiger partial charge in [-0.15, -0.1) is 12.4 Å². The second kappa shape index (κ2) is 6.12. The molecule has 0 aliphatic carbocycles. The lowest BCUT2D eigenvalue weighted by atomic mass is 10.2. The highest BCUT2D eigenvalue weighted by atomic mass is 35.5. The first-order valence-corrected chi connectivity index (χ1v) is 4.13. The van der Waals surface area contributed by atoms with Crippen LogP contribution in [-0.2, 0) is 0 Å². The van der Waals surface area contributed by atoms with E-state index in [4.69, 9.17) is 28.9 Å². The molecular formula is C9H8Cl3N. The SMILES string of the molecule is Cl.NCC#Cc1cc(Cl)cc(Cl)c1. The van der Waals surface area contributed by atoms with Gasteiger partial charge in [0, 0.05) is 15.6 Å². The Morgan fingerprint density at radius 2 is 1.69 bits per heavy atom. The van der Waals surface area contributed by atoms with Crippen LogP contribution in [-0.4, -0.2) is 6.54 Å². The average molecular weight is 237 g/mol. The van der Waals surface area contributed by atoms with E-state index in [1.165, 1.54) is 0 Å². The normalized spacial score (nSPS) is 8.23. The van der Waals surface area contributed by atoms with Crippen LogP contribution in [0.25, 0.3) is 0 Å². The summed E-state index contributed by atoms with van der Waals surface area (Å²) in [5, 5.41) is 1.17. The molecule has 4 heteroatoms. The number of nitrogens with two attached hydrogens (primary N) is 1. The molecule has 1 rings (SSSR count). The quantitative estimate of drug-likeness (QED) is 0.689. The predicted molar refractivity (Wildman–Crippen MR) is 59.6 cm³/mol.